The molecule has 1 aliphatic rings. The van der Waals surface area contributed by atoms with Crippen molar-refractivity contribution in [3.8, 4) is 11.5 Å². The van der Waals surface area contributed by atoms with Crippen molar-refractivity contribution in [1.29, 1.82) is 0 Å². The third-order valence-electron chi connectivity index (χ3n) is 4.94. The Bertz CT molecular complexity index is 1190. The van der Waals surface area contributed by atoms with Crippen molar-refractivity contribution in [3.63, 3.8) is 0 Å². The molecule has 188 valence electrons. The van der Waals surface area contributed by atoms with Crippen molar-refractivity contribution in [2.24, 2.45) is 5.10 Å². The fourth-order valence-corrected chi connectivity index (χ4v) is 3.32. The van der Waals surface area contributed by atoms with Crippen LogP contribution >= 0.6 is 0 Å². The van der Waals surface area contributed by atoms with Gasteiger partial charge in [0.1, 0.15) is 0 Å². The summed E-state index contributed by atoms with van der Waals surface area (Å²) in [5.74, 6) is 0.868. The average Bonchev–Trinajstić information content (AvgIpc) is 2.89. The second kappa shape index (κ2) is 12.3. The summed E-state index contributed by atoms with van der Waals surface area (Å²) in [6, 6.07) is 14.7. The minimum absolute atomic E-state index is 0.271. The van der Waals surface area contributed by atoms with Crippen molar-refractivity contribution in [2.45, 2.75) is 6.92 Å². The zero-order chi connectivity index (χ0) is 25.2. The first-order valence-electron chi connectivity index (χ1n) is 11.4. The van der Waals surface area contributed by atoms with E-state index in [2.05, 4.69) is 30.8 Å². The molecule has 0 spiro atoms. The van der Waals surface area contributed by atoms with Gasteiger partial charge in [0.05, 0.1) is 26.0 Å². The average molecular weight is 494 g/mol. The lowest BCUT2D eigenvalue weighted by Gasteiger charge is -2.27. The van der Waals surface area contributed by atoms with E-state index in [1.807, 2.05) is 42.2 Å². The molecule has 0 saturated carbocycles. The number of morpholine rings is 1. The highest BCUT2D eigenvalue weighted by Gasteiger charge is 2.17. The van der Waals surface area contributed by atoms with Crippen LogP contribution in [0.4, 0.5) is 23.5 Å². The predicted molar refractivity (Wildman–Crippen MR) is 135 cm³/mol. The van der Waals surface area contributed by atoms with Gasteiger partial charge < -0.3 is 29.5 Å². The minimum Gasteiger partial charge on any atom is -0.490 e. The van der Waals surface area contributed by atoms with Crippen LogP contribution < -0.4 is 25.1 Å². The molecular weight excluding hydrogens is 466 g/mol. The highest BCUT2D eigenvalue weighted by Crippen LogP contribution is 2.28. The van der Waals surface area contributed by atoms with Gasteiger partial charge >= 0.3 is 5.97 Å². The van der Waals surface area contributed by atoms with Crippen LogP contribution in [0, 0.1) is 0 Å². The molecule has 0 radical (unpaired) electrons. The SMILES string of the molecule is CCOc1cc(C=NNc2nc(Nc3ccccc3)nc(N3CCOCC3)n2)ccc1OCC(=O)O. The molecule has 1 saturated heterocycles. The molecule has 0 atom stereocenters. The number of nitrogens with one attached hydrogen (secondary N) is 2. The number of benzene rings is 2. The molecule has 1 aliphatic heterocycles. The van der Waals surface area contributed by atoms with Crippen molar-refractivity contribution >= 4 is 35.7 Å². The third kappa shape index (κ3) is 7.03. The topological polar surface area (TPSA) is 143 Å². The molecule has 12 nitrogen and oxygen atoms in total. The molecule has 0 amide bonds. The summed E-state index contributed by atoms with van der Waals surface area (Å²) < 4.78 is 16.3. The first-order valence-corrected chi connectivity index (χ1v) is 11.4. The van der Waals surface area contributed by atoms with E-state index in [1.165, 1.54) is 0 Å². The van der Waals surface area contributed by atoms with Gasteiger partial charge in [-0.25, -0.2) is 10.2 Å². The second-order valence-corrected chi connectivity index (χ2v) is 7.56. The molecule has 3 aromatic rings. The normalized spacial score (nSPS) is 13.4. The second-order valence-electron chi connectivity index (χ2n) is 7.56. The van der Waals surface area contributed by atoms with Gasteiger partial charge in [-0.1, -0.05) is 18.2 Å². The van der Waals surface area contributed by atoms with E-state index in [0.29, 0.717) is 61.9 Å². The Hall–Kier alpha value is -4.45. The van der Waals surface area contributed by atoms with Crippen LogP contribution in [0.15, 0.2) is 53.6 Å². The number of anilines is 4. The van der Waals surface area contributed by atoms with Gasteiger partial charge in [-0.05, 0) is 42.8 Å². The monoisotopic (exact) mass is 493 g/mol. The Kier molecular flexibility index (Phi) is 8.44. The number of carbonyl (C=O) groups is 1. The van der Waals surface area contributed by atoms with E-state index in [9.17, 15) is 4.79 Å². The number of aromatic nitrogens is 3. The van der Waals surface area contributed by atoms with Crippen LogP contribution in [0.5, 0.6) is 11.5 Å². The number of carboxylic acid groups (broad SMARTS) is 1. The Morgan fingerprint density at radius 3 is 2.61 bits per heavy atom. The van der Waals surface area contributed by atoms with E-state index < -0.39 is 12.6 Å². The Labute approximate surface area is 208 Å². The Morgan fingerprint density at radius 1 is 1.08 bits per heavy atom. The predicted octanol–water partition coefficient (Wildman–Crippen LogP) is 2.76. The van der Waals surface area contributed by atoms with E-state index >= 15 is 0 Å². The van der Waals surface area contributed by atoms with Crippen molar-refractivity contribution in [3.05, 3.63) is 54.1 Å². The zero-order valence-electron chi connectivity index (χ0n) is 19.8. The molecule has 36 heavy (non-hydrogen) atoms. The van der Waals surface area contributed by atoms with Crippen LogP contribution in [-0.4, -0.2) is 71.8 Å². The number of para-hydroxylation sites is 1. The fourth-order valence-electron chi connectivity index (χ4n) is 3.32. The number of rotatable bonds is 11. The van der Waals surface area contributed by atoms with Crippen molar-refractivity contribution < 1.29 is 24.1 Å². The number of hydrazone groups is 1. The van der Waals surface area contributed by atoms with Gasteiger partial charge in [0.25, 0.3) is 0 Å². The maximum Gasteiger partial charge on any atom is 0.341 e. The van der Waals surface area contributed by atoms with Gasteiger partial charge in [-0.2, -0.15) is 20.1 Å². The summed E-state index contributed by atoms with van der Waals surface area (Å²) in [4.78, 5) is 26.4. The van der Waals surface area contributed by atoms with E-state index in [-0.39, 0.29) is 5.95 Å². The molecule has 0 aliphatic carbocycles. The highest BCUT2D eigenvalue weighted by atomic mass is 16.5. The summed E-state index contributed by atoms with van der Waals surface area (Å²) in [6.07, 6.45) is 1.58. The first-order chi connectivity index (χ1) is 17.6. The lowest BCUT2D eigenvalue weighted by atomic mass is 10.2. The molecule has 2 heterocycles. The Balaban J connectivity index is 1.52. The smallest absolute Gasteiger partial charge is 0.341 e. The van der Waals surface area contributed by atoms with Crippen molar-refractivity contribution in [2.75, 3.05) is 55.2 Å². The molecule has 3 N–H and O–H groups in total. The third-order valence-corrected chi connectivity index (χ3v) is 4.94. The molecule has 2 aromatic carbocycles. The number of carboxylic acids is 1. The molecular formula is C24H27N7O5. The maximum atomic E-state index is 10.8. The van der Waals surface area contributed by atoms with Gasteiger partial charge in [0.15, 0.2) is 18.1 Å². The lowest BCUT2D eigenvalue weighted by molar-refractivity contribution is -0.139. The molecule has 1 fully saturated rings. The summed E-state index contributed by atoms with van der Waals surface area (Å²) in [5, 5.41) is 16.3. The molecule has 0 unspecified atom stereocenters. The van der Waals surface area contributed by atoms with Gasteiger partial charge in [0, 0.05) is 18.8 Å². The maximum absolute atomic E-state index is 10.8. The van der Waals surface area contributed by atoms with Crippen LogP contribution in [-0.2, 0) is 9.53 Å². The summed E-state index contributed by atoms with van der Waals surface area (Å²) in [6.45, 7) is 4.32. The van der Waals surface area contributed by atoms with Crippen LogP contribution in [0.1, 0.15) is 12.5 Å². The number of ether oxygens (including phenoxy) is 3. The largest absolute Gasteiger partial charge is 0.490 e. The first kappa shape index (κ1) is 24.7. The van der Waals surface area contributed by atoms with Crippen LogP contribution in [0.25, 0.3) is 0 Å². The number of hydrogen-bond donors (Lipinski definition) is 3. The van der Waals surface area contributed by atoms with E-state index in [4.69, 9.17) is 19.3 Å². The molecule has 1 aromatic heterocycles. The van der Waals surface area contributed by atoms with Crippen LogP contribution in [0.3, 0.4) is 0 Å². The summed E-state index contributed by atoms with van der Waals surface area (Å²) in [7, 11) is 0. The quantitative estimate of drug-likeness (QED) is 0.268. The molecule has 12 heteroatoms. The van der Waals surface area contributed by atoms with Gasteiger partial charge in [0.2, 0.25) is 17.8 Å². The minimum atomic E-state index is -1.07. The molecule has 4 rings (SSSR count). The summed E-state index contributed by atoms with van der Waals surface area (Å²) in [5.41, 5.74) is 4.42. The number of aliphatic carboxylic acids is 1. The number of hydrogen-bond acceptors (Lipinski definition) is 11. The van der Waals surface area contributed by atoms with Gasteiger partial charge in [-0.15, -0.1) is 0 Å². The fraction of sp³-hybridized carbons (Fsp3) is 0.292. The zero-order valence-corrected chi connectivity index (χ0v) is 19.8. The molecule has 0 bridgehead atoms. The van der Waals surface area contributed by atoms with E-state index in [1.54, 1.807) is 24.4 Å². The van der Waals surface area contributed by atoms with Crippen molar-refractivity contribution in [1.82, 2.24) is 15.0 Å². The lowest BCUT2D eigenvalue weighted by Crippen LogP contribution is -2.37. The Morgan fingerprint density at radius 2 is 1.86 bits per heavy atom. The highest BCUT2D eigenvalue weighted by molar-refractivity contribution is 5.81. The number of nitrogens with zero attached hydrogens (tertiary/aromatic N) is 5. The van der Waals surface area contributed by atoms with Gasteiger partial charge in [-0.3, -0.25) is 0 Å². The summed E-state index contributed by atoms with van der Waals surface area (Å²) >= 11 is 0. The van der Waals surface area contributed by atoms with E-state index in [0.717, 1.165) is 5.69 Å². The van der Waals surface area contributed by atoms with Crippen LogP contribution in [0.2, 0.25) is 0 Å². The standard InChI is InChI=1S/C24H27N7O5/c1-2-35-20-14-17(8-9-19(20)36-16-21(32)33)15-25-30-23-27-22(26-18-6-4-3-5-7-18)28-24(29-23)31-10-12-34-13-11-31/h3-9,14-15H,2,10-13,16H2,1H3,(H,32,33)(H2,26,27,28,29,30).